The summed E-state index contributed by atoms with van der Waals surface area (Å²) in [6.07, 6.45) is 16.2. The molecule has 2 aromatic heterocycles. The molecular weight excluding hydrogens is 769 g/mol. The first-order valence-electron chi connectivity index (χ1n) is 21.5. The Balaban J connectivity index is 1.15. The molecule has 2 aliphatic carbocycles. The van der Waals surface area contributed by atoms with Crippen molar-refractivity contribution in [1.82, 2.24) is 0 Å². The molecular formula is C59H44N2O2. The average Bonchev–Trinajstić information content (AvgIpc) is 3.77. The van der Waals surface area contributed by atoms with Gasteiger partial charge in [-0.15, -0.1) is 6.42 Å². The van der Waals surface area contributed by atoms with Crippen LogP contribution in [0.15, 0.2) is 219 Å². The van der Waals surface area contributed by atoms with Gasteiger partial charge in [-0.1, -0.05) is 95.4 Å². The van der Waals surface area contributed by atoms with E-state index in [0.717, 1.165) is 96.4 Å². The van der Waals surface area contributed by atoms with Crippen LogP contribution in [0.4, 0.5) is 22.7 Å². The lowest BCUT2D eigenvalue weighted by molar-refractivity contribution is 0.668. The Kier molecular flexibility index (Phi) is 9.33. The molecule has 302 valence electrons. The van der Waals surface area contributed by atoms with E-state index < -0.39 is 0 Å². The van der Waals surface area contributed by atoms with Gasteiger partial charge in [0.1, 0.15) is 22.3 Å². The normalized spacial score (nSPS) is 14.1. The highest BCUT2D eigenvalue weighted by molar-refractivity contribution is 6.08. The van der Waals surface area contributed by atoms with E-state index in [-0.39, 0.29) is 0 Å². The van der Waals surface area contributed by atoms with Crippen molar-refractivity contribution in [2.45, 2.75) is 33.6 Å². The van der Waals surface area contributed by atoms with Gasteiger partial charge in [0.05, 0.1) is 11.4 Å². The summed E-state index contributed by atoms with van der Waals surface area (Å²) in [5.74, 6) is 2.80. The third kappa shape index (κ3) is 6.76. The topological polar surface area (TPSA) is 32.8 Å². The maximum Gasteiger partial charge on any atom is 0.135 e. The summed E-state index contributed by atoms with van der Waals surface area (Å²) in [4.78, 5) is 4.80. The zero-order valence-electron chi connectivity index (χ0n) is 35.5. The largest absolute Gasteiger partial charge is 0.456 e. The first kappa shape index (κ1) is 38.0. The van der Waals surface area contributed by atoms with Crippen molar-refractivity contribution in [3.05, 3.63) is 232 Å². The molecule has 0 N–H and O–H groups in total. The second kappa shape index (κ2) is 15.5. The van der Waals surface area contributed by atoms with E-state index in [1.807, 2.05) is 6.08 Å². The van der Waals surface area contributed by atoms with Crippen LogP contribution < -0.4 is 9.80 Å². The van der Waals surface area contributed by atoms with Crippen molar-refractivity contribution in [2.24, 2.45) is 0 Å². The lowest BCUT2D eigenvalue weighted by Crippen LogP contribution is -2.18. The molecule has 0 atom stereocenters. The standard InChI is InChI=1S/C59H44N2O2/c1-5-6-20-48-40(4)32-42-34-55(61(45-18-11-8-12-19-45)47-25-29-59-53(37-47)51-31-39(3)23-27-57(51)63-59)49-21-14-13-15-41(49)33-43(42)35-54(48)60(44-16-9-7-10-17-44)46-24-28-58-52(36-46)50-30-38(2)22-26-56(50)62-58/h1,6-31,34-37H,32-33H2,2-4H3/b20-6-. The predicted octanol–water partition coefficient (Wildman–Crippen LogP) is 15.8. The van der Waals surface area contributed by atoms with E-state index in [1.54, 1.807) is 0 Å². The van der Waals surface area contributed by atoms with Gasteiger partial charge >= 0.3 is 0 Å². The maximum atomic E-state index is 6.36. The minimum Gasteiger partial charge on any atom is -0.456 e. The van der Waals surface area contributed by atoms with Gasteiger partial charge in [0.2, 0.25) is 0 Å². The zero-order chi connectivity index (χ0) is 42.6. The van der Waals surface area contributed by atoms with E-state index in [2.05, 4.69) is 212 Å². The van der Waals surface area contributed by atoms with E-state index in [4.69, 9.17) is 15.3 Å². The highest BCUT2D eigenvalue weighted by Gasteiger charge is 2.28. The molecule has 2 heterocycles. The van der Waals surface area contributed by atoms with E-state index >= 15 is 0 Å². The van der Waals surface area contributed by atoms with Crippen molar-refractivity contribution in [1.29, 1.82) is 0 Å². The van der Waals surface area contributed by atoms with Crippen LogP contribution in [-0.2, 0) is 6.42 Å². The minimum atomic E-state index is 0.734. The number of terminal acetylenes is 1. The van der Waals surface area contributed by atoms with Crippen LogP contribution in [0.1, 0.15) is 35.6 Å². The van der Waals surface area contributed by atoms with E-state index in [9.17, 15) is 0 Å². The van der Waals surface area contributed by atoms with E-state index in [1.165, 1.54) is 39.0 Å². The molecule has 0 bridgehead atoms. The first-order chi connectivity index (χ1) is 30.9. The van der Waals surface area contributed by atoms with Gasteiger partial charge in [-0.05, 0) is 165 Å². The predicted molar refractivity (Wildman–Crippen MR) is 263 cm³/mol. The number of aryl methyl sites for hydroxylation is 2. The molecule has 7 aromatic carbocycles. The molecule has 2 aliphatic rings. The number of nitrogens with zero attached hydrogens (tertiary/aromatic N) is 2. The zero-order valence-corrected chi connectivity index (χ0v) is 35.5. The Bertz CT molecular complexity index is 3490. The highest BCUT2D eigenvalue weighted by Crippen LogP contribution is 2.46. The molecule has 0 saturated carbocycles. The third-order valence-corrected chi connectivity index (χ3v) is 12.5. The van der Waals surface area contributed by atoms with Gasteiger partial charge < -0.3 is 18.6 Å². The van der Waals surface area contributed by atoms with Crippen molar-refractivity contribution in [3.8, 4) is 12.3 Å². The molecule has 63 heavy (non-hydrogen) atoms. The molecule has 4 nitrogen and oxygen atoms in total. The summed E-state index contributed by atoms with van der Waals surface area (Å²) < 4.78 is 12.7. The Labute approximate surface area is 367 Å². The van der Waals surface area contributed by atoms with Gasteiger partial charge in [-0.2, -0.15) is 0 Å². The minimum absolute atomic E-state index is 0.734. The van der Waals surface area contributed by atoms with Crippen LogP contribution in [0.3, 0.4) is 0 Å². The van der Waals surface area contributed by atoms with Crippen LogP contribution in [-0.4, -0.2) is 0 Å². The number of benzene rings is 7. The Morgan fingerprint density at radius 2 is 0.968 bits per heavy atom. The molecule has 0 fully saturated rings. The summed E-state index contributed by atoms with van der Waals surface area (Å²) >= 11 is 0. The van der Waals surface area contributed by atoms with Crippen LogP contribution in [0.5, 0.6) is 0 Å². The van der Waals surface area contributed by atoms with E-state index in [0.29, 0.717) is 0 Å². The fourth-order valence-corrected chi connectivity index (χ4v) is 9.50. The summed E-state index contributed by atoms with van der Waals surface area (Å²) in [6, 6.07) is 56.1. The smallest absolute Gasteiger partial charge is 0.135 e. The average molecular weight is 813 g/mol. The number of allylic oxidation sites excluding steroid dienone is 7. The fourth-order valence-electron chi connectivity index (χ4n) is 9.50. The second-order valence-electron chi connectivity index (χ2n) is 16.7. The van der Waals surface area contributed by atoms with Gasteiger partial charge in [-0.25, -0.2) is 0 Å². The molecule has 0 unspecified atom stereocenters. The Morgan fingerprint density at radius 1 is 0.492 bits per heavy atom. The number of hydrogen-bond donors (Lipinski definition) is 0. The molecule has 0 spiro atoms. The van der Waals surface area contributed by atoms with Gasteiger partial charge in [0.15, 0.2) is 0 Å². The quantitative estimate of drug-likeness (QED) is 0.150. The maximum absolute atomic E-state index is 6.36. The molecule has 9 aromatic rings. The number of furan rings is 2. The van der Waals surface area contributed by atoms with Gasteiger partial charge in [-0.3, -0.25) is 0 Å². The summed E-state index contributed by atoms with van der Waals surface area (Å²) in [5, 5.41) is 4.40. The van der Waals surface area contributed by atoms with Crippen LogP contribution in [0, 0.1) is 26.2 Å². The molecule has 0 aliphatic heterocycles. The highest BCUT2D eigenvalue weighted by atomic mass is 16.3. The molecule has 0 amide bonds. The summed E-state index contributed by atoms with van der Waals surface area (Å²) in [7, 11) is 0. The first-order valence-corrected chi connectivity index (χ1v) is 21.5. The third-order valence-electron chi connectivity index (χ3n) is 12.5. The number of rotatable bonds is 7. The summed E-state index contributed by atoms with van der Waals surface area (Å²) in [5.41, 5.74) is 19.6. The van der Waals surface area contributed by atoms with Crippen LogP contribution in [0.25, 0.3) is 49.6 Å². The van der Waals surface area contributed by atoms with Gasteiger partial charge in [0.25, 0.3) is 0 Å². The lowest BCUT2D eigenvalue weighted by atomic mass is 9.97. The second-order valence-corrected chi connectivity index (χ2v) is 16.7. The molecule has 4 heteroatoms. The SMILES string of the molecule is C#C/C=C\C1=C(C)CC2=C(C=C1N(c1ccccc1)c1ccc3oc4ccc(C)cc4c3c1)Cc1ccccc1C(N(c1ccccc1)c1ccc3oc4ccc(C)cc4c3c1)=C2. The Hall–Kier alpha value is -8.00. The fraction of sp³-hybridized carbons (Fsp3) is 0.0847. The van der Waals surface area contributed by atoms with Crippen molar-refractivity contribution >= 4 is 72.3 Å². The number of anilines is 4. The van der Waals surface area contributed by atoms with Crippen LogP contribution >= 0.6 is 0 Å². The number of fused-ring (bicyclic) bond motifs is 7. The summed E-state index contributed by atoms with van der Waals surface area (Å²) in [6.45, 7) is 6.51. The van der Waals surface area contributed by atoms with Crippen molar-refractivity contribution < 1.29 is 8.83 Å². The lowest BCUT2D eigenvalue weighted by Gasteiger charge is -2.30. The monoisotopic (exact) mass is 812 g/mol. The number of hydrogen-bond acceptors (Lipinski definition) is 4. The van der Waals surface area contributed by atoms with Crippen LogP contribution in [0.2, 0.25) is 0 Å². The van der Waals surface area contributed by atoms with Crippen molar-refractivity contribution in [2.75, 3.05) is 9.80 Å². The Morgan fingerprint density at radius 3 is 1.54 bits per heavy atom. The number of para-hydroxylation sites is 2. The molecule has 11 rings (SSSR count). The molecule has 0 radical (unpaired) electrons. The molecule has 0 saturated heterocycles. The van der Waals surface area contributed by atoms with Crippen molar-refractivity contribution in [3.63, 3.8) is 0 Å². The van der Waals surface area contributed by atoms with Gasteiger partial charge in [0, 0.05) is 49.9 Å².